The van der Waals surface area contributed by atoms with Crippen LogP contribution in [0.3, 0.4) is 0 Å². The molecule has 0 radical (unpaired) electrons. The van der Waals surface area contributed by atoms with Gasteiger partial charge in [0, 0.05) is 12.0 Å². The highest BCUT2D eigenvalue weighted by molar-refractivity contribution is 7.08. The summed E-state index contributed by atoms with van der Waals surface area (Å²) in [5.74, 6) is 0.565. The number of rotatable bonds is 5. The standard InChI is InChI=1S/C18H21NO2S/c1-21-16-7-3-2-6-15(16)17(20)19-13-18(9-4-5-10-18)14-8-11-22-12-14/h2-3,6-8,11-12H,4-5,9-10,13H2,1H3,(H,19,20). The summed E-state index contributed by atoms with van der Waals surface area (Å²) in [5.41, 5.74) is 2.08. The molecular formula is C18H21NO2S. The van der Waals surface area contributed by atoms with Gasteiger partial charge >= 0.3 is 0 Å². The van der Waals surface area contributed by atoms with E-state index in [-0.39, 0.29) is 11.3 Å². The number of benzene rings is 1. The molecule has 0 unspecified atom stereocenters. The van der Waals surface area contributed by atoms with E-state index in [4.69, 9.17) is 4.74 Å². The van der Waals surface area contributed by atoms with Gasteiger partial charge in [0.05, 0.1) is 12.7 Å². The van der Waals surface area contributed by atoms with E-state index in [1.165, 1.54) is 18.4 Å². The third kappa shape index (κ3) is 2.88. The van der Waals surface area contributed by atoms with E-state index in [1.54, 1.807) is 24.5 Å². The molecule has 1 fully saturated rings. The van der Waals surface area contributed by atoms with Crippen LogP contribution in [0.25, 0.3) is 0 Å². The average molecular weight is 315 g/mol. The maximum Gasteiger partial charge on any atom is 0.255 e. The van der Waals surface area contributed by atoms with Gasteiger partial charge in [-0.3, -0.25) is 4.79 Å². The van der Waals surface area contributed by atoms with E-state index in [1.807, 2.05) is 18.2 Å². The van der Waals surface area contributed by atoms with Crippen LogP contribution < -0.4 is 10.1 Å². The van der Waals surface area contributed by atoms with Crippen LogP contribution in [-0.2, 0) is 5.41 Å². The van der Waals surface area contributed by atoms with E-state index in [0.717, 1.165) is 12.8 Å². The summed E-state index contributed by atoms with van der Waals surface area (Å²) < 4.78 is 5.28. The van der Waals surface area contributed by atoms with Gasteiger partial charge in [0.1, 0.15) is 5.75 Å². The molecule has 4 heteroatoms. The molecule has 1 aromatic carbocycles. The van der Waals surface area contributed by atoms with Gasteiger partial charge in [0.25, 0.3) is 5.91 Å². The molecule has 1 heterocycles. The second-order valence-electron chi connectivity index (χ2n) is 5.88. The van der Waals surface area contributed by atoms with E-state index < -0.39 is 0 Å². The molecule has 1 N–H and O–H groups in total. The number of nitrogens with one attached hydrogen (secondary N) is 1. The molecule has 1 saturated carbocycles. The molecule has 0 atom stereocenters. The van der Waals surface area contributed by atoms with Gasteiger partial charge in [-0.15, -0.1) is 0 Å². The minimum Gasteiger partial charge on any atom is -0.496 e. The molecule has 3 nitrogen and oxygen atoms in total. The van der Waals surface area contributed by atoms with Gasteiger partial charge in [-0.1, -0.05) is 25.0 Å². The first-order valence-corrected chi connectivity index (χ1v) is 8.63. The fraction of sp³-hybridized carbons (Fsp3) is 0.389. The SMILES string of the molecule is COc1ccccc1C(=O)NCC1(c2ccsc2)CCCC1. The molecule has 0 spiro atoms. The van der Waals surface area contributed by atoms with E-state index in [9.17, 15) is 4.79 Å². The number of methoxy groups -OCH3 is 1. The van der Waals surface area contributed by atoms with Crippen molar-refractivity contribution in [1.82, 2.24) is 5.32 Å². The Bertz CT molecular complexity index is 630. The first-order chi connectivity index (χ1) is 10.7. The first kappa shape index (κ1) is 15.1. The monoisotopic (exact) mass is 315 g/mol. The van der Waals surface area contributed by atoms with Crippen molar-refractivity contribution >= 4 is 17.2 Å². The Morgan fingerprint density at radius 2 is 2.05 bits per heavy atom. The average Bonchev–Trinajstić information content (AvgIpc) is 3.24. The second-order valence-corrected chi connectivity index (χ2v) is 6.66. The Balaban J connectivity index is 1.74. The first-order valence-electron chi connectivity index (χ1n) is 7.69. The van der Waals surface area contributed by atoms with Crippen molar-refractivity contribution in [2.75, 3.05) is 13.7 Å². The Kier molecular flexibility index (Phi) is 4.48. The van der Waals surface area contributed by atoms with Crippen LogP contribution in [0.2, 0.25) is 0 Å². The fourth-order valence-electron chi connectivity index (χ4n) is 3.36. The van der Waals surface area contributed by atoms with Gasteiger partial charge in [0.15, 0.2) is 0 Å². The highest BCUT2D eigenvalue weighted by Crippen LogP contribution is 2.41. The zero-order valence-corrected chi connectivity index (χ0v) is 13.6. The van der Waals surface area contributed by atoms with Crippen LogP contribution in [-0.4, -0.2) is 19.6 Å². The number of para-hydroxylation sites is 1. The van der Waals surface area contributed by atoms with Crippen molar-refractivity contribution in [2.45, 2.75) is 31.1 Å². The highest BCUT2D eigenvalue weighted by atomic mass is 32.1. The molecule has 3 rings (SSSR count). The van der Waals surface area contributed by atoms with Crippen molar-refractivity contribution in [3.8, 4) is 5.75 Å². The van der Waals surface area contributed by atoms with Crippen LogP contribution in [0, 0.1) is 0 Å². The summed E-state index contributed by atoms with van der Waals surface area (Å²) in [6.45, 7) is 0.695. The summed E-state index contributed by atoms with van der Waals surface area (Å²) in [6.07, 6.45) is 4.77. The van der Waals surface area contributed by atoms with Gasteiger partial charge in [0.2, 0.25) is 0 Å². The van der Waals surface area contributed by atoms with Crippen molar-refractivity contribution in [3.63, 3.8) is 0 Å². The van der Waals surface area contributed by atoms with Crippen molar-refractivity contribution in [2.24, 2.45) is 0 Å². The highest BCUT2D eigenvalue weighted by Gasteiger charge is 2.36. The molecule has 0 saturated heterocycles. The minimum absolute atomic E-state index is 0.0565. The second kappa shape index (κ2) is 6.53. The third-order valence-electron chi connectivity index (χ3n) is 4.63. The number of thiophene rings is 1. The molecule has 1 aromatic heterocycles. The van der Waals surface area contributed by atoms with Crippen LogP contribution in [0.4, 0.5) is 0 Å². The molecule has 116 valence electrons. The lowest BCUT2D eigenvalue weighted by Crippen LogP contribution is -2.38. The van der Waals surface area contributed by atoms with Crippen LogP contribution in [0.15, 0.2) is 41.1 Å². The predicted octanol–water partition coefficient (Wildman–Crippen LogP) is 4.00. The van der Waals surface area contributed by atoms with E-state index in [2.05, 4.69) is 22.1 Å². The molecule has 1 aliphatic carbocycles. The maximum absolute atomic E-state index is 12.5. The largest absolute Gasteiger partial charge is 0.496 e. The minimum atomic E-state index is -0.0565. The molecule has 0 bridgehead atoms. The summed E-state index contributed by atoms with van der Waals surface area (Å²) in [7, 11) is 1.59. The lowest BCUT2D eigenvalue weighted by molar-refractivity contribution is 0.0940. The molecule has 1 aliphatic rings. The third-order valence-corrected chi connectivity index (χ3v) is 5.32. The summed E-state index contributed by atoms with van der Waals surface area (Å²) in [4.78, 5) is 12.5. The lowest BCUT2D eigenvalue weighted by atomic mass is 9.80. The van der Waals surface area contributed by atoms with Crippen molar-refractivity contribution < 1.29 is 9.53 Å². The Morgan fingerprint density at radius 1 is 1.27 bits per heavy atom. The predicted molar refractivity (Wildman–Crippen MR) is 89.8 cm³/mol. The van der Waals surface area contributed by atoms with Gasteiger partial charge in [-0.05, 0) is 47.4 Å². The topological polar surface area (TPSA) is 38.3 Å². The smallest absolute Gasteiger partial charge is 0.255 e. The van der Waals surface area contributed by atoms with Crippen LogP contribution in [0.5, 0.6) is 5.75 Å². The van der Waals surface area contributed by atoms with E-state index >= 15 is 0 Å². The lowest BCUT2D eigenvalue weighted by Gasteiger charge is -2.29. The summed E-state index contributed by atoms with van der Waals surface area (Å²) in [5, 5.41) is 7.48. The maximum atomic E-state index is 12.5. The number of hydrogen-bond acceptors (Lipinski definition) is 3. The number of hydrogen-bond donors (Lipinski definition) is 1. The number of carbonyl (C=O) groups excluding carboxylic acids is 1. The molecular weight excluding hydrogens is 294 g/mol. The van der Waals surface area contributed by atoms with Crippen LogP contribution in [0.1, 0.15) is 41.6 Å². The zero-order chi connectivity index (χ0) is 15.4. The Labute approximate surface area is 135 Å². The van der Waals surface area contributed by atoms with Gasteiger partial charge in [-0.25, -0.2) is 0 Å². The zero-order valence-electron chi connectivity index (χ0n) is 12.8. The van der Waals surface area contributed by atoms with Gasteiger partial charge < -0.3 is 10.1 Å². The number of ether oxygens (including phenoxy) is 1. The number of amides is 1. The van der Waals surface area contributed by atoms with Gasteiger partial charge in [-0.2, -0.15) is 11.3 Å². The van der Waals surface area contributed by atoms with E-state index in [0.29, 0.717) is 17.9 Å². The Hall–Kier alpha value is -1.81. The van der Waals surface area contributed by atoms with Crippen molar-refractivity contribution in [3.05, 3.63) is 52.2 Å². The summed E-state index contributed by atoms with van der Waals surface area (Å²) in [6, 6.07) is 9.56. The summed E-state index contributed by atoms with van der Waals surface area (Å²) >= 11 is 1.73. The number of carbonyl (C=O) groups is 1. The molecule has 1 amide bonds. The molecule has 0 aliphatic heterocycles. The molecule has 2 aromatic rings. The Morgan fingerprint density at radius 3 is 2.73 bits per heavy atom. The normalized spacial score (nSPS) is 16.4. The molecule has 22 heavy (non-hydrogen) atoms. The van der Waals surface area contributed by atoms with Crippen LogP contribution >= 0.6 is 11.3 Å². The quantitative estimate of drug-likeness (QED) is 0.905. The van der Waals surface area contributed by atoms with Crippen molar-refractivity contribution in [1.29, 1.82) is 0 Å². The fourth-order valence-corrected chi connectivity index (χ4v) is 4.14.